The third-order valence-electron chi connectivity index (χ3n) is 2.87. The SMILES string of the molecule is CCC(C)N1CC[Si]1(OC)OC. The molecule has 72 valence electrons. The Morgan fingerprint density at radius 2 is 2.00 bits per heavy atom. The van der Waals surface area contributed by atoms with Gasteiger partial charge in [0, 0.05) is 26.3 Å². The minimum atomic E-state index is -1.87. The van der Waals surface area contributed by atoms with Gasteiger partial charge in [-0.3, -0.25) is 4.57 Å². The lowest BCUT2D eigenvalue weighted by Crippen LogP contribution is -2.69. The van der Waals surface area contributed by atoms with Crippen LogP contribution in [0.4, 0.5) is 0 Å². The Labute approximate surface area is 76.0 Å². The van der Waals surface area contributed by atoms with Crippen molar-refractivity contribution in [1.82, 2.24) is 4.57 Å². The number of nitrogens with zero attached hydrogens (tertiary/aromatic N) is 1. The molecule has 0 saturated carbocycles. The van der Waals surface area contributed by atoms with Crippen molar-refractivity contribution < 1.29 is 8.85 Å². The monoisotopic (exact) mass is 189 g/mol. The molecule has 1 aliphatic rings. The topological polar surface area (TPSA) is 21.7 Å². The normalized spacial score (nSPS) is 25.0. The first-order valence-electron chi connectivity index (χ1n) is 4.57. The van der Waals surface area contributed by atoms with Gasteiger partial charge in [-0.15, -0.1) is 0 Å². The lowest BCUT2D eigenvalue weighted by atomic mass is 10.2. The van der Waals surface area contributed by atoms with Crippen LogP contribution in [0.15, 0.2) is 0 Å². The van der Waals surface area contributed by atoms with Crippen LogP contribution in [0, 0.1) is 0 Å². The Morgan fingerprint density at radius 1 is 1.42 bits per heavy atom. The van der Waals surface area contributed by atoms with Crippen molar-refractivity contribution in [2.75, 3.05) is 20.8 Å². The lowest BCUT2D eigenvalue weighted by molar-refractivity contribution is 0.101. The summed E-state index contributed by atoms with van der Waals surface area (Å²) >= 11 is 0. The van der Waals surface area contributed by atoms with Gasteiger partial charge in [-0.1, -0.05) is 13.8 Å². The summed E-state index contributed by atoms with van der Waals surface area (Å²) < 4.78 is 13.4. The van der Waals surface area contributed by atoms with E-state index < -0.39 is 8.72 Å². The van der Waals surface area contributed by atoms with Crippen LogP contribution >= 0.6 is 0 Å². The van der Waals surface area contributed by atoms with E-state index in [0.717, 1.165) is 12.6 Å². The summed E-state index contributed by atoms with van der Waals surface area (Å²) in [6.45, 7) is 5.58. The fraction of sp³-hybridized carbons (Fsp3) is 1.00. The van der Waals surface area contributed by atoms with Gasteiger partial charge in [0.1, 0.15) is 0 Å². The zero-order valence-corrected chi connectivity index (χ0v) is 9.46. The first kappa shape index (κ1) is 10.2. The molecule has 1 unspecified atom stereocenters. The molecule has 1 rings (SSSR count). The minimum Gasteiger partial charge on any atom is -0.386 e. The summed E-state index contributed by atoms with van der Waals surface area (Å²) in [6, 6.07) is 1.72. The number of hydrogen-bond acceptors (Lipinski definition) is 3. The summed E-state index contributed by atoms with van der Waals surface area (Å²) in [5.74, 6) is 0. The summed E-state index contributed by atoms with van der Waals surface area (Å²) in [6.07, 6.45) is 1.17. The smallest absolute Gasteiger partial charge is 0.386 e. The quantitative estimate of drug-likeness (QED) is 0.623. The van der Waals surface area contributed by atoms with Crippen LogP contribution in [0.25, 0.3) is 0 Å². The van der Waals surface area contributed by atoms with Gasteiger partial charge in [0.15, 0.2) is 0 Å². The predicted octanol–water partition coefficient (Wildman–Crippen LogP) is 1.33. The van der Waals surface area contributed by atoms with Gasteiger partial charge in [-0.05, 0) is 13.0 Å². The second kappa shape index (κ2) is 3.87. The average molecular weight is 189 g/mol. The van der Waals surface area contributed by atoms with Gasteiger partial charge < -0.3 is 8.85 Å². The standard InChI is InChI=1S/C8H19NO2Si/c1-5-8(2)9-6-7-12(9,10-3)11-4/h8H,5-7H2,1-4H3. The molecule has 1 aliphatic heterocycles. The molecule has 1 fully saturated rings. The van der Waals surface area contributed by atoms with Gasteiger partial charge in [0.05, 0.1) is 0 Å². The Balaban J connectivity index is 2.56. The first-order chi connectivity index (χ1) is 5.70. The second-order valence-electron chi connectivity index (χ2n) is 3.32. The highest BCUT2D eigenvalue weighted by Gasteiger charge is 2.52. The molecule has 0 aliphatic carbocycles. The van der Waals surface area contributed by atoms with Gasteiger partial charge in [0.25, 0.3) is 0 Å². The van der Waals surface area contributed by atoms with E-state index >= 15 is 0 Å². The third-order valence-corrected chi connectivity index (χ3v) is 6.54. The number of hydrogen-bond donors (Lipinski definition) is 0. The molecule has 1 atom stereocenters. The minimum absolute atomic E-state index is 0.602. The van der Waals surface area contributed by atoms with Crippen molar-refractivity contribution in [2.24, 2.45) is 0 Å². The lowest BCUT2D eigenvalue weighted by Gasteiger charge is -2.49. The molecular weight excluding hydrogens is 170 g/mol. The summed E-state index contributed by atoms with van der Waals surface area (Å²) in [5.41, 5.74) is 0. The van der Waals surface area contributed by atoms with Crippen LogP contribution in [0.2, 0.25) is 6.04 Å². The van der Waals surface area contributed by atoms with Crippen molar-refractivity contribution in [3.8, 4) is 0 Å². The van der Waals surface area contributed by atoms with Crippen LogP contribution in [0.3, 0.4) is 0 Å². The van der Waals surface area contributed by atoms with E-state index in [-0.39, 0.29) is 0 Å². The second-order valence-corrected chi connectivity index (χ2v) is 6.64. The van der Waals surface area contributed by atoms with Crippen LogP contribution in [-0.2, 0) is 8.85 Å². The van der Waals surface area contributed by atoms with Gasteiger partial charge in [0.2, 0.25) is 0 Å². The highest BCUT2D eigenvalue weighted by atomic mass is 28.4. The summed E-state index contributed by atoms with van der Waals surface area (Å²) in [5, 5.41) is 0. The Kier molecular flexibility index (Phi) is 3.28. The molecule has 0 N–H and O–H groups in total. The van der Waals surface area contributed by atoms with E-state index in [9.17, 15) is 0 Å². The van der Waals surface area contributed by atoms with Crippen molar-refractivity contribution in [2.45, 2.75) is 32.4 Å². The highest BCUT2D eigenvalue weighted by Crippen LogP contribution is 2.30. The molecule has 0 bridgehead atoms. The van der Waals surface area contributed by atoms with Crippen molar-refractivity contribution in [3.63, 3.8) is 0 Å². The Bertz CT molecular complexity index is 144. The molecule has 0 amide bonds. The van der Waals surface area contributed by atoms with Gasteiger partial charge in [-0.25, -0.2) is 0 Å². The zero-order valence-electron chi connectivity index (χ0n) is 8.46. The van der Waals surface area contributed by atoms with E-state index in [0.29, 0.717) is 6.04 Å². The van der Waals surface area contributed by atoms with Crippen LogP contribution in [0.1, 0.15) is 20.3 Å². The molecule has 12 heavy (non-hydrogen) atoms. The highest BCUT2D eigenvalue weighted by molar-refractivity contribution is 6.67. The Morgan fingerprint density at radius 3 is 2.25 bits per heavy atom. The fourth-order valence-electron chi connectivity index (χ4n) is 1.72. The fourth-order valence-corrected chi connectivity index (χ4v) is 4.47. The first-order valence-corrected chi connectivity index (χ1v) is 6.54. The van der Waals surface area contributed by atoms with Crippen molar-refractivity contribution >= 4 is 8.72 Å². The zero-order chi connectivity index (χ0) is 9.19. The third kappa shape index (κ3) is 1.44. The van der Waals surface area contributed by atoms with E-state index in [4.69, 9.17) is 8.85 Å². The van der Waals surface area contributed by atoms with E-state index in [1.165, 1.54) is 6.42 Å². The molecule has 3 nitrogen and oxygen atoms in total. The maximum Gasteiger partial charge on any atom is 0.428 e. The predicted molar refractivity (Wildman–Crippen MR) is 51.0 cm³/mol. The van der Waals surface area contributed by atoms with Crippen LogP contribution in [-0.4, -0.2) is 40.1 Å². The molecule has 0 spiro atoms. The van der Waals surface area contributed by atoms with Crippen LogP contribution in [0.5, 0.6) is 0 Å². The molecule has 0 aromatic rings. The molecular formula is C8H19NO2Si. The molecule has 0 aromatic heterocycles. The van der Waals surface area contributed by atoms with Crippen molar-refractivity contribution in [1.29, 1.82) is 0 Å². The molecule has 0 radical (unpaired) electrons. The summed E-state index contributed by atoms with van der Waals surface area (Å²) in [4.78, 5) is 0. The summed E-state index contributed by atoms with van der Waals surface area (Å²) in [7, 11) is 1.67. The van der Waals surface area contributed by atoms with E-state index in [1.807, 2.05) is 0 Å². The molecule has 0 aromatic carbocycles. The van der Waals surface area contributed by atoms with E-state index in [1.54, 1.807) is 14.2 Å². The molecule has 1 saturated heterocycles. The molecule has 4 heteroatoms. The maximum atomic E-state index is 5.50. The maximum absolute atomic E-state index is 5.50. The van der Waals surface area contributed by atoms with Crippen LogP contribution < -0.4 is 0 Å². The molecule has 1 heterocycles. The number of rotatable bonds is 4. The van der Waals surface area contributed by atoms with E-state index in [2.05, 4.69) is 18.4 Å². The van der Waals surface area contributed by atoms with Gasteiger partial charge >= 0.3 is 8.72 Å². The average Bonchev–Trinajstić information content (AvgIpc) is 2.05. The van der Waals surface area contributed by atoms with Gasteiger partial charge in [-0.2, -0.15) is 0 Å². The largest absolute Gasteiger partial charge is 0.428 e. The Hall–Kier alpha value is 0.0969. The van der Waals surface area contributed by atoms with Crippen molar-refractivity contribution in [3.05, 3.63) is 0 Å².